The summed E-state index contributed by atoms with van der Waals surface area (Å²) in [6, 6.07) is 7.27. The van der Waals surface area contributed by atoms with Crippen LogP contribution in [0.5, 0.6) is 0 Å². The van der Waals surface area contributed by atoms with Gasteiger partial charge in [-0.25, -0.2) is 9.47 Å². The zero-order valence-corrected chi connectivity index (χ0v) is 11.5. The Hall–Kier alpha value is -2.02. The van der Waals surface area contributed by atoms with E-state index in [1.54, 1.807) is 19.1 Å². The van der Waals surface area contributed by atoms with Crippen LogP contribution in [0.2, 0.25) is 0 Å². The van der Waals surface area contributed by atoms with Crippen LogP contribution < -0.4 is 5.84 Å². The van der Waals surface area contributed by atoms with Gasteiger partial charge in [-0.15, -0.1) is 10.2 Å². The number of aromatic nitrogens is 3. The Balaban J connectivity index is 2.07. The van der Waals surface area contributed by atoms with Crippen molar-refractivity contribution in [1.82, 2.24) is 14.9 Å². The second kappa shape index (κ2) is 5.75. The number of thioether (sulfide) groups is 1. The van der Waals surface area contributed by atoms with Crippen LogP contribution in [-0.2, 0) is 10.5 Å². The molecule has 2 aromatic rings. The second-order valence-electron chi connectivity index (χ2n) is 3.88. The van der Waals surface area contributed by atoms with Gasteiger partial charge in [0.15, 0.2) is 0 Å². The first kappa shape index (κ1) is 13.4. The molecule has 1 aromatic carbocycles. The van der Waals surface area contributed by atoms with Gasteiger partial charge in [0.05, 0.1) is 12.7 Å². The number of hydrogen-bond donors (Lipinski definition) is 1. The zero-order valence-electron chi connectivity index (χ0n) is 10.7. The van der Waals surface area contributed by atoms with Crippen LogP contribution in [0.4, 0.5) is 0 Å². The average Bonchev–Trinajstić information content (AvgIpc) is 2.76. The fraction of sp³-hybridized carbons (Fsp3) is 0.250. The summed E-state index contributed by atoms with van der Waals surface area (Å²) in [5, 5.41) is 8.48. The molecule has 0 fully saturated rings. The summed E-state index contributed by atoms with van der Waals surface area (Å²) in [6.07, 6.45) is 0. The SMILES string of the molecule is COC(=O)c1cccc(CSc2nnc(C)n2N)c1. The van der Waals surface area contributed by atoms with Gasteiger partial charge < -0.3 is 10.6 Å². The van der Waals surface area contributed by atoms with Gasteiger partial charge in [-0.05, 0) is 24.6 Å². The number of hydrogen-bond acceptors (Lipinski definition) is 6. The maximum atomic E-state index is 11.4. The predicted octanol–water partition coefficient (Wildman–Crippen LogP) is 1.38. The fourth-order valence-corrected chi connectivity index (χ4v) is 2.35. The van der Waals surface area contributed by atoms with Crippen molar-refractivity contribution in [3.63, 3.8) is 0 Å². The number of nitrogen functional groups attached to an aromatic ring is 1. The fourth-order valence-electron chi connectivity index (χ4n) is 1.50. The van der Waals surface area contributed by atoms with Crippen LogP contribution in [0.1, 0.15) is 21.7 Å². The van der Waals surface area contributed by atoms with Crippen LogP contribution in [0, 0.1) is 6.92 Å². The van der Waals surface area contributed by atoms with Crippen molar-refractivity contribution < 1.29 is 9.53 Å². The molecule has 1 aromatic heterocycles. The molecule has 0 saturated heterocycles. The maximum absolute atomic E-state index is 11.4. The molecule has 2 N–H and O–H groups in total. The third kappa shape index (κ3) is 3.05. The number of aryl methyl sites for hydroxylation is 1. The zero-order chi connectivity index (χ0) is 13.8. The highest BCUT2D eigenvalue weighted by molar-refractivity contribution is 7.98. The molecule has 6 nitrogen and oxygen atoms in total. The number of nitrogens with two attached hydrogens (primary N) is 1. The number of carbonyl (C=O) groups is 1. The van der Waals surface area contributed by atoms with E-state index in [0.717, 1.165) is 5.56 Å². The Kier molecular flexibility index (Phi) is 4.06. The molecule has 0 atom stereocenters. The average molecular weight is 278 g/mol. The normalized spacial score (nSPS) is 10.4. The molecule has 0 aliphatic carbocycles. The Labute approximate surface area is 114 Å². The van der Waals surface area contributed by atoms with E-state index in [2.05, 4.69) is 14.9 Å². The molecule has 0 spiro atoms. The standard InChI is InChI=1S/C12H14N4O2S/c1-8-14-15-12(16(8)13)19-7-9-4-3-5-10(6-9)11(17)18-2/h3-6H,7,13H2,1-2H3. The quantitative estimate of drug-likeness (QED) is 0.517. The van der Waals surface area contributed by atoms with E-state index in [-0.39, 0.29) is 5.97 Å². The summed E-state index contributed by atoms with van der Waals surface area (Å²) in [5.41, 5.74) is 1.53. The number of carbonyl (C=O) groups excluding carboxylic acids is 1. The highest BCUT2D eigenvalue weighted by Crippen LogP contribution is 2.20. The highest BCUT2D eigenvalue weighted by Gasteiger charge is 2.09. The minimum Gasteiger partial charge on any atom is -0.465 e. The summed E-state index contributed by atoms with van der Waals surface area (Å²) < 4.78 is 6.12. The lowest BCUT2D eigenvalue weighted by molar-refractivity contribution is 0.0600. The van der Waals surface area contributed by atoms with E-state index in [9.17, 15) is 4.79 Å². The van der Waals surface area contributed by atoms with Crippen LogP contribution in [-0.4, -0.2) is 28.0 Å². The Morgan fingerprint density at radius 2 is 2.26 bits per heavy atom. The smallest absolute Gasteiger partial charge is 0.337 e. The van der Waals surface area contributed by atoms with Crippen LogP contribution in [0.25, 0.3) is 0 Å². The maximum Gasteiger partial charge on any atom is 0.337 e. The molecular weight excluding hydrogens is 264 g/mol. The number of ether oxygens (including phenoxy) is 1. The summed E-state index contributed by atoms with van der Waals surface area (Å²) >= 11 is 1.46. The van der Waals surface area contributed by atoms with Gasteiger partial charge in [-0.1, -0.05) is 23.9 Å². The van der Waals surface area contributed by atoms with Gasteiger partial charge in [0.1, 0.15) is 5.82 Å². The molecule has 1 heterocycles. The van der Waals surface area contributed by atoms with Crippen molar-refractivity contribution in [3.8, 4) is 0 Å². The number of benzene rings is 1. The van der Waals surface area contributed by atoms with Crippen molar-refractivity contribution in [2.24, 2.45) is 0 Å². The molecule has 0 amide bonds. The monoisotopic (exact) mass is 278 g/mol. The summed E-state index contributed by atoms with van der Waals surface area (Å²) in [7, 11) is 1.36. The van der Waals surface area contributed by atoms with Gasteiger partial charge in [0.2, 0.25) is 5.16 Å². The van der Waals surface area contributed by atoms with Crippen molar-refractivity contribution in [2.75, 3.05) is 13.0 Å². The molecule has 0 saturated carbocycles. The highest BCUT2D eigenvalue weighted by atomic mass is 32.2. The molecule has 0 bridgehead atoms. The lowest BCUT2D eigenvalue weighted by Gasteiger charge is -2.04. The summed E-state index contributed by atoms with van der Waals surface area (Å²) in [5.74, 6) is 6.73. The molecule has 7 heteroatoms. The minimum atomic E-state index is -0.343. The third-order valence-electron chi connectivity index (χ3n) is 2.55. The lowest BCUT2D eigenvalue weighted by atomic mass is 10.1. The van der Waals surface area contributed by atoms with E-state index in [4.69, 9.17) is 5.84 Å². The van der Waals surface area contributed by atoms with Gasteiger partial charge in [0, 0.05) is 5.75 Å². The van der Waals surface area contributed by atoms with Gasteiger partial charge >= 0.3 is 5.97 Å². The summed E-state index contributed by atoms with van der Waals surface area (Å²) in [4.78, 5) is 11.4. The van der Waals surface area contributed by atoms with Crippen LogP contribution in [0.15, 0.2) is 29.4 Å². The molecule has 0 unspecified atom stereocenters. The van der Waals surface area contributed by atoms with Crippen molar-refractivity contribution in [2.45, 2.75) is 17.8 Å². The van der Waals surface area contributed by atoms with Crippen molar-refractivity contribution >= 4 is 17.7 Å². The van der Waals surface area contributed by atoms with E-state index < -0.39 is 0 Å². The minimum absolute atomic E-state index is 0.343. The number of nitrogens with zero attached hydrogens (tertiary/aromatic N) is 3. The van der Waals surface area contributed by atoms with Gasteiger partial charge in [0.25, 0.3) is 0 Å². The Morgan fingerprint density at radius 3 is 2.89 bits per heavy atom. The molecule has 19 heavy (non-hydrogen) atoms. The molecule has 0 aliphatic rings. The molecule has 2 rings (SSSR count). The Bertz CT molecular complexity index is 597. The third-order valence-corrected chi connectivity index (χ3v) is 3.57. The van der Waals surface area contributed by atoms with Crippen LogP contribution >= 0.6 is 11.8 Å². The Morgan fingerprint density at radius 1 is 1.47 bits per heavy atom. The van der Waals surface area contributed by atoms with Gasteiger partial charge in [-0.3, -0.25) is 0 Å². The van der Waals surface area contributed by atoms with E-state index in [1.807, 2.05) is 12.1 Å². The number of esters is 1. The lowest BCUT2D eigenvalue weighted by Crippen LogP contribution is -2.11. The van der Waals surface area contributed by atoms with E-state index >= 15 is 0 Å². The van der Waals surface area contributed by atoms with Crippen LogP contribution in [0.3, 0.4) is 0 Å². The van der Waals surface area contributed by atoms with Crippen molar-refractivity contribution in [1.29, 1.82) is 0 Å². The number of rotatable bonds is 4. The first-order valence-electron chi connectivity index (χ1n) is 5.59. The second-order valence-corrected chi connectivity index (χ2v) is 4.82. The first-order valence-corrected chi connectivity index (χ1v) is 6.57. The molecule has 0 aliphatic heterocycles. The first-order chi connectivity index (χ1) is 9.11. The van der Waals surface area contributed by atoms with E-state index in [1.165, 1.54) is 23.5 Å². The number of methoxy groups -OCH3 is 1. The molecule has 0 radical (unpaired) electrons. The topological polar surface area (TPSA) is 83.0 Å². The van der Waals surface area contributed by atoms with E-state index in [0.29, 0.717) is 22.3 Å². The van der Waals surface area contributed by atoms with Crippen molar-refractivity contribution in [3.05, 3.63) is 41.2 Å². The summed E-state index contributed by atoms with van der Waals surface area (Å²) in [6.45, 7) is 1.79. The van der Waals surface area contributed by atoms with Gasteiger partial charge in [-0.2, -0.15) is 0 Å². The predicted molar refractivity (Wildman–Crippen MR) is 72.3 cm³/mol. The molecule has 100 valence electrons. The molecular formula is C12H14N4O2S. The largest absolute Gasteiger partial charge is 0.465 e.